The van der Waals surface area contributed by atoms with Crippen LogP contribution in [0.4, 0.5) is 25.8 Å². The first-order valence-corrected chi connectivity index (χ1v) is 6.33. The molecule has 3 nitrogen and oxygen atoms in total. The molecular formula is C15H16F2N2O. The summed E-state index contributed by atoms with van der Waals surface area (Å²) in [7, 11) is 0. The average molecular weight is 278 g/mol. The molecule has 0 saturated carbocycles. The summed E-state index contributed by atoms with van der Waals surface area (Å²) in [6.07, 6.45) is 0.882. The van der Waals surface area contributed by atoms with Crippen molar-refractivity contribution < 1.29 is 13.5 Å². The second-order valence-electron chi connectivity index (χ2n) is 4.42. The number of anilines is 3. The zero-order valence-corrected chi connectivity index (χ0v) is 11.1. The molecule has 2 aromatic rings. The van der Waals surface area contributed by atoms with Crippen molar-refractivity contribution in [2.24, 2.45) is 0 Å². The standard InChI is InChI=1S/C15H16F2N2O/c1-2-3-20-15-8-12(18)7-14(9-15)19-13-5-10(16)4-11(17)6-13/h4-9,19H,2-3,18H2,1H3. The topological polar surface area (TPSA) is 47.3 Å². The van der Waals surface area contributed by atoms with E-state index in [1.54, 1.807) is 18.2 Å². The Morgan fingerprint density at radius 1 is 1.00 bits per heavy atom. The highest BCUT2D eigenvalue weighted by Gasteiger charge is 2.04. The molecule has 0 unspecified atom stereocenters. The van der Waals surface area contributed by atoms with Gasteiger partial charge in [-0.15, -0.1) is 0 Å². The van der Waals surface area contributed by atoms with Crippen LogP contribution in [-0.4, -0.2) is 6.61 Å². The van der Waals surface area contributed by atoms with Crippen LogP contribution in [-0.2, 0) is 0 Å². The van der Waals surface area contributed by atoms with E-state index in [1.807, 2.05) is 6.92 Å². The van der Waals surface area contributed by atoms with E-state index < -0.39 is 11.6 Å². The van der Waals surface area contributed by atoms with Gasteiger partial charge in [0.05, 0.1) is 6.61 Å². The van der Waals surface area contributed by atoms with Crippen molar-refractivity contribution in [3.05, 3.63) is 48.0 Å². The highest BCUT2D eigenvalue weighted by atomic mass is 19.1. The summed E-state index contributed by atoms with van der Waals surface area (Å²) < 4.78 is 31.7. The molecular weight excluding hydrogens is 262 g/mol. The normalized spacial score (nSPS) is 10.3. The Balaban J connectivity index is 2.21. The summed E-state index contributed by atoms with van der Waals surface area (Å²) >= 11 is 0. The van der Waals surface area contributed by atoms with Crippen LogP contribution >= 0.6 is 0 Å². The Morgan fingerprint density at radius 2 is 1.65 bits per heavy atom. The molecule has 0 spiro atoms. The third-order valence-corrected chi connectivity index (χ3v) is 2.55. The van der Waals surface area contributed by atoms with E-state index in [0.29, 0.717) is 29.4 Å². The van der Waals surface area contributed by atoms with Gasteiger partial charge in [0, 0.05) is 35.3 Å². The highest BCUT2D eigenvalue weighted by Crippen LogP contribution is 2.26. The highest BCUT2D eigenvalue weighted by molar-refractivity contribution is 5.66. The van der Waals surface area contributed by atoms with Gasteiger partial charge in [-0.2, -0.15) is 0 Å². The molecule has 0 aliphatic heterocycles. The van der Waals surface area contributed by atoms with Gasteiger partial charge in [0.2, 0.25) is 0 Å². The molecule has 0 fully saturated rings. The maximum absolute atomic E-state index is 13.1. The molecule has 0 saturated heterocycles. The number of hydrogen-bond donors (Lipinski definition) is 2. The van der Waals surface area contributed by atoms with Crippen LogP contribution in [0.5, 0.6) is 5.75 Å². The van der Waals surface area contributed by atoms with E-state index in [1.165, 1.54) is 12.1 Å². The molecule has 0 aliphatic rings. The van der Waals surface area contributed by atoms with Crippen LogP contribution in [0.3, 0.4) is 0 Å². The predicted octanol–water partition coefficient (Wildman–Crippen LogP) is 4.08. The van der Waals surface area contributed by atoms with E-state index in [9.17, 15) is 8.78 Å². The van der Waals surface area contributed by atoms with Crippen molar-refractivity contribution in [1.82, 2.24) is 0 Å². The fraction of sp³-hybridized carbons (Fsp3) is 0.200. The number of nitrogens with one attached hydrogen (secondary N) is 1. The molecule has 0 atom stereocenters. The zero-order chi connectivity index (χ0) is 14.5. The Kier molecular flexibility index (Phi) is 4.40. The van der Waals surface area contributed by atoms with E-state index in [2.05, 4.69) is 5.32 Å². The lowest BCUT2D eigenvalue weighted by Gasteiger charge is -2.11. The molecule has 3 N–H and O–H groups in total. The molecule has 0 aromatic heterocycles. The van der Waals surface area contributed by atoms with Gasteiger partial charge >= 0.3 is 0 Å². The maximum Gasteiger partial charge on any atom is 0.128 e. The van der Waals surface area contributed by atoms with Gasteiger partial charge in [0.25, 0.3) is 0 Å². The SMILES string of the molecule is CCCOc1cc(N)cc(Nc2cc(F)cc(F)c2)c1. The number of hydrogen-bond acceptors (Lipinski definition) is 3. The van der Waals surface area contributed by atoms with E-state index >= 15 is 0 Å². The van der Waals surface area contributed by atoms with Crippen LogP contribution in [0.25, 0.3) is 0 Å². The number of halogens is 2. The zero-order valence-electron chi connectivity index (χ0n) is 11.1. The molecule has 0 aliphatic carbocycles. The predicted molar refractivity (Wildman–Crippen MR) is 76.3 cm³/mol. The van der Waals surface area contributed by atoms with Crippen LogP contribution in [0, 0.1) is 11.6 Å². The monoisotopic (exact) mass is 278 g/mol. The molecule has 2 rings (SSSR count). The van der Waals surface area contributed by atoms with Crippen molar-refractivity contribution >= 4 is 17.1 Å². The molecule has 0 radical (unpaired) electrons. The van der Waals surface area contributed by atoms with Crippen molar-refractivity contribution in [1.29, 1.82) is 0 Å². The van der Waals surface area contributed by atoms with E-state index in [-0.39, 0.29) is 0 Å². The second kappa shape index (κ2) is 6.23. The second-order valence-corrected chi connectivity index (χ2v) is 4.42. The van der Waals surface area contributed by atoms with Crippen molar-refractivity contribution in [2.45, 2.75) is 13.3 Å². The van der Waals surface area contributed by atoms with Gasteiger partial charge in [0.15, 0.2) is 0 Å². The summed E-state index contributed by atoms with van der Waals surface area (Å²) in [6.45, 7) is 2.58. The third kappa shape index (κ3) is 3.85. The lowest BCUT2D eigenvalue weighted by Crippen LogP contribution is -1.99. The first-order chi connectivity index (χ1) is 9.56. The number of rotatable bonds is 5. The van der Waals surface area contributed by atoms with Crippen LogP contribution in [0.2, 0.25) is 0 Å². The van der Waals surface area contributed by atoms with Gasteiger partial charge in [0.1, 0.15) is 17.4 Å². The third-order valence-electron chi connectivity index (χ3n) is 2.55. The number of ether oxygens (including phenoxy) is 1. The number of benzene rings is 2. The molecule has 5 heteroatoms. The maximum atomic E-state index is 13.1. The van der Waals surface area contributed by atoms with Crippen molar-refractivity contribution in [3.8, 4) is 5.75 Å². The summed E-state index contributed by atoms with van der Waals surface area (Å²) in [6, 6.07) is 8.33. The minimum atomic E-state index is -0.640. The first kappa shape index (κ1) is 14.1. The summed E-state index contributed by atoms with van der Waals surface area (Å²) in [5, 5.41) is 2.90. The smallest absolute Gasteiger partial charge is 0.128 e. The molecule has 0 heterocycles. The Labute approximate surface area is 116 Å². The van der Waals surface area contributed by atoms with E-state index in [0.717, 1.165) is 12.5 Å². The fourth-order valence-electron chi connectivity index (χ4n) is 1.79. The minimum Gasteiger partial charge on any atom is -0.493 e. The summed E-state index contributed by atoms with van der Waals surface area (Å²) in [5.41, 5.74) is 7.21. The Bertz CT molecular complexity index is 582. The molecule has 0 bridgehead atoms. The summed E-state index contributed by atoms with van der Waals surface area (Å²) in [4.78, 5) is 0. The first-order valence-electron chi connectivity index (χ1n) is 6.33. The van der Waals surface area contributed by atoms with E-state index in [4.69, 9.17) is 10.5 Å². The number of nitrogens with two attached hydrogens (primary N) is 1. The van der Waals surface area contributed by atoms with Crippen LogP contribution in [0.15, 0.2) is 36.4 Å². The quantitative estimate of drug-likeness (QED) is 0.810. The molecule has 20 heavy (non-hydrogen) atoms. The van der Waals surface area contributed by atoms with Gasteiger partial charge < -0.3 is 15.8 Å². The Hall–Kier alpha value is -2.30. The van der Waals surface area contributed by atoms with Crippen molar-refractivity contribution in [3.63, 3.8) is 0 Å². The lowest BCUT2D eigenvalue weighted by atomic mass is 10.2. The molecule has 0 amide bonds. The van der Waals surface area contributed by atoms with Crippen molar-refractivity contribution in [2.75, 3.05) is 17.7 Å². The lowest BCUT2D eigenvalue weighted by molar-refractivity contribution is 0.318. The number of nitrogen functional groups attached to an aromatic ring is 1. The van der Waals surface area contributed by atoms with Gasteiger partial charge in [-0.1, -0.05) is 6.92 Å². The Morgan fingerprint density at radius 3 is 2.30 bits per heavy atom. The minimum absolute atomic E-state index is 0.314. The summed E-state index contributed by atoms with van der Waals surface area (Å²) in [5.74, 6) is -0.663. The van der Waals surface area contributed by atoms with Gasteiger partial charge in [-0.25, -0.2) is 8.78 Å². The molecule has 106 valence electrons. The van der Waals surface area contributed by atoms with Gasteiger partial charge in [-0.05, 0) is 24.6 Å². The molecule has 2 aromatic carbocycles. The average Bonchev–Trinajstić information content (AvgIpc) is 2.34. The fourth-order valence-corrected chi connectivity index (χ4v) is 1.79. The van der Waals surface area contributed by atoms with Crippen LogP contribution < -0.4 is 15.8 Å². The van der Waals surface area contributed by atoms with Crippen LogP contribution in [0.1, 0.15) is 13.3 Å². The van der Waals surface area contributed by atoms with Gasteiger partial charge in [-0.3, -0.25) is 0 Å². The largest absolute Gasteiger partial charge is 0.493 e.